The van der Waals surface area contributed by atoms with Crippen LogP contribution in [0.1, 0.15) is 49.3 Å². The molecule has 0 spiro atoms. The van der Waals surface area contributed by atoms with E-state index in [9.17, 15) is 9.59 Å². The molecule has 0 aliphatic heterocycles. The molecule has 1 aliphatic carbocycles. The fourth-order valence-corrected chi connectivity index (χ4v) is 4.12. The number of rotatable bonds is 7. The first-order chi connectivity index (χ1) is 14.5. The van der Waals surface area contributed by atoms with Crippen LogP contribution >= 0.6 is 11.6 Å². The number of hydrogen-bond donors (Lipinski definition) is 1. The van der Waals surface area contributed by atoms with Crippen molar-refractivity contribution in [2.24, 2.45) is 0 Å². The monoisotopic (exact) mass is 430 g/mol. The molecule has 1 aliphatic rings. The van der Waals surface area contributed by atoms with Gasteiger partial charge in [-0.2, -0.15) is 0 Å². The Kier molecular flexibility index (Phi) is 7.69. The molecular weight excluding hydrogens is 402 g/mol. The number of nitrogens with one attached hydrogen (secondary N) is 2. The Morgan fingerprint density at radius 3 is 2.67 bits per heavy atom. The summed E-state index contributed by atoms with van der Waals surface area (Å²) >= 11 is 5.99. The molecule has 1 unspecified atom stereocenters. The van der Waals surface area contributed by atoms with Crippen LogP contribution < -0.4 is 19.9 Å². The molecule has 3 rings (SSSR count). The third kappa shape index (κ3) is 5.11. The zero-order valence-corrected chi connectivity index (χ0v) is 18.2. The number of hydrogen-bond acceptors (Lipinski definition) is 3. The highest BCUT2D eigenvalue weighted by Gasteiger charge is 2.36. The number of anilines is 1. The summed E-state index contributed by atoms with van der Waals surface area (Å²) in [7, 11) is 1.55. The van der Waals surface area contributed by atoms with Crippen LogP contribution in [0.15, 0.2) is 42.7 Å². The third-order valence-electron chi connectivity index (χ3n) is 5.48. The number of aromatic amines is 1. The summed E-state index contributed by atoms with van der Waals surface area (Å²) in [4.78, 5) is 31.1. The number of H-pyrrole nitrogens is 1. The van der Waals surface area contributed by atoms with Gasteiger partial charge < -0.3 is 10.1 Å². The summed E-state index contributed by atoms with van der Waals surface area (Å²) in [6.07, 6.45) is 8.81. The van der Waals surface area contributed by atoms with Gasteiger partial charge in [-0.3, -0.25) is 14.5 Å². The molecule has 1 aromatic heterocycles. The van der Waals surface area contributed by atoms with Crippen molar-refractivity contribution in [1.29, 1.82) is 0 Å². The number of carbonyl (C=O) groups excluding carboxylic acids is 2. The first-order valence-electron chi connectivity index (χ1n) is 10.3. The summed E-state index contributed by atoms with van der Waals surface area (Å²) in [5.41, 5.74) is 2.15. The molecule has 1 fully saturated rings. The van der Waals surface area contributed by atoms with Gasteiger partial charge in [-0.25, -0.2) is 4.98 Å². The molecule has 160 valence electrons. The molecule has 1 atom stereocenters. The van der Waals surface area contributed by atoms with Gasteiger partial charge in [0.15, 0.2) is 12.4 Å². The maximum Gasteiger partial charge on any atom is 0.248 e. The van der Waals surface area contributed by atoms with E-state index in [-0.39, 0.29) is 23.7 Å². The summed E-state index contributed by atoms with van der Waals surface area (Å²) in [5, 5.41) is 3.17. The lowest BCUT2D eigenvalue weighted by molar-refractivity contribution is -0.378. The molecule has 7 heteroatoms. The highest BCUT2D eigenvalue weighted by atomic mass is 35.5. The van der Waals surface area contributed by atoms with Gasteiger partial charge in [-0.1, -0.05) is 25.3 Å². The molecule has 1 saturated carbocycles. The average molecular weight is 431 g/mol. The largest absolute Gasteiger partial charge is 0.495 e. The molecule has 1 heterocycles. The third-order valence-corrected chi connectivity index (χ3v) is 5.71. The summed E-state index contributed by atoms with van der Waals surface area (Å²) in [5.74, 6) is -0.327. The van der Waals surface area contributed by atoms with Crippen LogP contribution in [0.5, 0.6) is 5.75 Å². The van der Waals surface area contributed by atoms with E-state index in [0.29, 0.717) is 17.0 Å². The van der Waals surface area contributed by atoms with Crippen LogP contribution in [-0.2, 0) is 9.59 Å². The first-order valence-corrected chi connectivity index (χ1v) is 10.9. The van der Waals surface area contributed by atoms with E-state index in [2.05, 4.69) is 10.3 Å². The van der Waals surface area contributed by atoms with Gasteiger partial charge in [0, 0.05) is 17.7 Å². The number of aryl methyl sites for hydroxylation is 1. The van der Waals surface area contributed by atoms with Crippen molar-refractivity contribution < 1.29 is 19.3 Å². The van der Waals surface area contributed by atoms with E-state index < -0.39 is 6.04 Å². The molecule has 2 aromatic rings. The van der Waals surface area contributed by atoms with Crippen molar-refractivity contribution in [3.05, 3.63) is 53.9 Å². The lowest BCUT2D eigenvalue weighted by Gasteiger charge is -2.33. The van der Waals surface area contributed by atoms with Crippen molar-refractivity contribution in [1.82, 2.24) is 5.32 Å². The van der Waals surface area contributed by atoms with Gasteiger partial charge in [0.25, 0.3) is 0 Å². The fourth-order valence-electron chi connectivity index (χ4n) is 3.99. The lowest BCUT2D eigenvalue weighted by Crippen LogP contribution is -2.48. The molecule has 6 nitrogen and oxygen atoms in total. The van der Waals surface area contributed by atoms with Gasteiger partial charge in [0.05, 0.1) is 12.8 Å². The number of halogens is 1. The zero-order chi connectivity index (χ0) is 21.5. The van der Waals surface area contributed by atoms with Crippen LogP contribution in [0.3, 0.4) is 0 Å². The minimum atomic E-state index is -0.869. The SMILES string of the molecule is COc1ccc(C)cc1N(C(=O)CCl)C(C(=O)NC1CCCCC1)c1ccc[nH+]c1. The minimum absolute atomic E-state index is 0.119. The second-order valence-corrected chi connectivity index (χ2v) is 7.92. The smallest absolute Gasteiger partial charge is 0.248 e. The Bertz CT molecular complexity index is 869. The number of carbonyl (C=O) groups is 2. The number of methoxy groups -OCH3 is 1. The predicted octanol–water partition coefficient (Wildman–Crippen LogP) is 3.58. The molecule has 0 radical (unpaired) electrons. The van der Waals surface area contributed by atoms with E-state index in [4.69, 9.17) is 16.3 Å². The number of alkyl halides is 1. The Hall–Kier alpha value is -2.60. The number of ether oxygens (including phenoxy) is 1. The zero-order valence-electron chi connectivity index (χ0n) is 17.5. The molecular formula is C23H29ClN3O3+. The maximum atomic E-state index is 13.5. The van der Waals surface area contributed by atoms with Crippen molar-refractivity contribution in [2.45, 2.75) is 51.1 Å². The first kappa shape index (κ1) is 22.1. The van der Waals surface area contributed by atoms with Crippen LogP contribution in [0.25, 0.3) is 0 Å². The molecule has 2 N–H and O–H groups in total. The number of nitrogens with zero attached hydrogens (tertiary/aromatic N) is 1. The second kappa shape index (κ2) is 10.4. The lowest BCUT2D eigenvalue weighted by atomic mass is 9.94. The van der Waals surface area contributed by atoms with Crippen molar-refractivity contribution in [3.8, 4) is 5.75 Å². The molecule has 2 amide bonds. The van der Waals surface area contributed by atoms with E-state index in [1.807, 2.05) is 31.2 Å². The number of pyridine rings is 1. The molecule has 1 aromatic carbocycles. The van der Waals surface area contributed by atoms with Crippen LogP contribution in [-0.4, -0.2) is 30.8 Å². The van der Waals surface area contributed by atoms with E-state index in [1.54, 1.807) is 25.6 Å². The van der Waals surface area contributed by atoms with E-state index >= 15 is 0 Å². The Morgan fingerprint density at radius 2 is 2.03 bits per heavy atom. The number of benzene rings is 1. The predicted molar refractivity (Wildman–Crippen MR) is 117 cm³/mol. The van der Waals surface area contributed by atoms with E-state index in [1.165, 1.54) is 11.3 Å². The molecule has 0 saturated heterocycles. The molecule has 0 bridgehead atoms. The Balaban J connectivity index is 2.07. The second-order valence-electron chi connectivity index (χ2n) is 7.66. The quantitative estimate of drug-likeness (QED) is 0.682. The number of amides is 2. The number of aromatic nitrogens is 1. The van der Waals surface area contributed by atoms with Gasteiger partial charge in [0.1, 0.15) is 17.7 Å². The van der Waals surface area contributed by atoms with Crippen molar-refractivity contribution >= 4 is 29.1 Å². The normalized spacial score (nSPS) is 15.3. The highest BCUT2D eigenvalue weighted by molar-refractivity contribution is 6.30. The average Bonchev–Trinajstić information content (AvgIpc) is 2.78. The van der Waals surface area contributed by atoms with Gasteiger partial charge in [0.2, 0.25) is 11.8 Å². The van der Waals surface area contributed by atoms with Crippen molar-refractivity contribution in [2.75, 3.05) is 17.9 Å². The van der Waals surface area contributed by atoms with Crippen LogP contribution in [0, 0.1) is 6.92 Å². The van der Waals surface area contributed by atoms with Crippen LogP contribution in [0.2, 0.25) is 0 Å². The highest BCUT2D eigenvalue weighted by Crippen LogP contribution is 2.36. The summed E-state index contributed by atoms with van der Waals surface area (Å²) < 4.78 is 5.52. The summed E-state index contributed by atoms with van der Waals surface area (Å²) in [6, 6.07) is 8.44. The van der Waals surface area contributed by atoms with Crippen molar-refractivity contribution in [3.63, 3.8) is 0 Å². The standard InChI is InChI=1S/C23H28ClN3O3/c1-16-10-11-20(30-2)19(13-16)27(21(28)14-24)22(17-7-6-12-25-15-17)23(29)26-18-8-4-3-5-9-18/h6-7,10-13,15,18,22H,3-5,8-9,14H2,1-2H3,(H,26,29)/p+1. The molecule has 30 heavy (non-hydrogen) atoms. The maximum absolute atomic E-state index is 13.5. The van der Waals surface area contributed by atoms with Gasteiger partial charge >= 0.3 is 0 Å². The van der Waals surface area contributed by atoms with Gasteiger partial charge in [-0.05, 0) is 43.5 Å². The Morgan fingerprint density at radius 1 is 1.27 bits per heavy atom. The van der Waals surface area contributed by atoms with E-state index in [0.717, 1.165) is 31.2 Å². The topological polar surface area (TPSA) is 72.8 Å². The summed E-state index contributed by atoms with van der Waals surface area (Å²) in [6.45, 7) is 1.93. The van der Waals surface area contributed by atoms with Gasteiger partial charge in [-0.15, -0.1) is 11.6 Å². The fraction of sp³-hybridized carbons (Fsp3) is 0.435. The minimum Gasteiger partial charge on any atom is -0.495 e. The van der Waals surface area contributed by atoms with Crippen LogP contribution in [0.4, 0.5) is 5.69 Å². The Labute approximate surface area is 182 Å².